The van der Waals surface area contributed by atoms with Crippen LogP contribution in [0.25, 0.3) is 10.9 Å². The molecule has 1 aromatic carbocycles. The van der Waals surface area contributed by atoms with E-state index in [-0.39, 0.29) is 5.52 Å². The fourth-order valence-electron chi connectivity index (χ4n) is 1.34. The number of aromatic nitrogens is 1. The van der Waals surface area contributed by atoms with Gasteiger partial charge in [0.2, 0.25) is 0 Å². The van der Waals surface area contributed by atoms with Gasteiger partial charge in [-0.05, 0) is 24.3 Å². The normalized spacial score (nSPS) is 11.9. The van der Waals surface area contributed by atoms with E-state index in [1.807, 2.05) is 0 Å². The zero-order chi connectivity index (χ0) is 11.1. The molecule has 5 heteroatoms. The highest BCUT2D eigenvalue weighted by Gasteiger charge is 2.32. The summed E-state index contributed by atoms with van der Waals surface area (Å²) in [4.78, 5) is 3.50. The average Bonchev–Trinajstić information content (AvgIpc) is 2.16. The van der Waals surface area contributed by atoms with Crippen molar-refractivity contribution in [1.82, 2.24) is 4.98 Å². The van der Waals surface area contributed by atoms with Crippen LogP contribution < -0.4 is 5.73 Å². The molecule has 0 saturated heterocycles. The van der Waals surface area contributed by atoms with E-state index in [9.17, 15) is 13.2 Å². The molecule has 1 aromatic heterocycles. The van der Waals surface area contributed by atoms with Gasteiger partial charge in [-0.2, -0.15) is 13.2 Å². The smallest absolute Gasteiger partial charge is 0.398 e. The molecule has 0 aliphatic rings. The van der Waals surface area contributed by atoms with Gasteiger partial charge in [0.25, 0.3) is 0 Å². The molecule has 2 rings (SSSR count). The van der Waals surface area contributed by atoms with E-state index >= 15 is 0 Å². The molecule has 0 aliphatic heterocycles. The molecule has 0 bridgehead atoms. The van der Waals surface area contributed by atoms with Crippen molar-refractivity contribution >= 4 is 16.6 Å². The Morgan fingerprint density at radius 2 is 1.80 bits per heavy atom. The van der Waals surface area contributed by atoms with E-state index in [1.165, 1.54) is 12.1 Å². The maximum atomic E-state index is 12.3. The van der Waals surface area contributed by atoms with Gasteiger partial charge in [0.15, 0.2) is 0 Å². The van der Waals surface area contributed by atoms with Crippen LogP contribution in [0.2, 0.25) is 0 Å². The van der Waals surface area contributed by atoms with Crippen LogP contribution >= 0.6 is 0 Å². The molecule has 0 radical (unpaired) electrons. The number of hydrogen-bond acceptors (Lipinski definition) is 2. The molecule has 0 saturated carbocycles. The largest absolute Gasteiger partial charge is 0.433 e. The summed E-state index contributed by atoms with van der Waals surface area (Å²) in [6.07, 6.45) is -4.42. The Morgan fingerprint density at radius 1 is 1.07 bits per heavy atom. The summed E-state index contributed by atoms with van der Waals surface area (Å²) in [6, 6.07) is 6.96. The molecule has 0 atom stereocenters. The monoisotopic (exact) mass is 212 g/mol. The van der Waals surface area contributed by atoms with Gasteiger partial charge in [-0.3, -0.25) is 0 Å². The lowest BCUT2D eigenvalue weighted by molar-refractivity contribution is -0.140. The van der Waals surface area contributed by atoms with E-state index < -0.39 is 11.9 Å². The van der Waals surface area contributed by atoms with Crippen LogP contribution in [-0.2, 0) is 6.18 Å². The molecule has 15 heavy (non-hydrogen) atoms. The van der Waals surface area contributed by atoms with E-state index in [0.29, 0.717) is 11.1 Å². The molecule has 78 valence electrons. The number of fused-ring (bicyclic) bond motifs is 1. The molecule has 2 nitrogen and oxygen atoms in total. The lowest BCUT2D eigenvalue weighted by atomic mass is 10.1. The Labute approximate surface area is 83.5 Å². The topological polar surface area (TPSA) is 38.9 Å². The summed E-state index contributed by atoms with van der Waals surface area (Å²) in [6.45, 7) is 0. The predicted molar refractivity (Wildman–Crippen MR) is 51.2 cm³/mol. The van der Waals surface area contributed by atoms with Gasteiger partial charge >= 0.3 is 6.18 Å². The second kappa shape index (κ2) is 3.12. The van der Waals surface area contributed by atoms with Gasteiger partial charge < -0.3 is 5.73 Å². The first-order chi connectivity index (χ1) is 6.98. The minimum atomic E-state index is -4.42. The zero-order valence-corrected chi connectivity index (χ0v) is 7.55. The number of halogens is 3. The van der Waals surface area contributed by atoms with Crippen LogP contribution in [0.5, 0.6) is 0 Å². The van der Waals surface area contributed by atoms with Crippen LogP contribution in [0.4, 0.5) is 18.9 Å². The second-order valence-electron chi connectivity index (χ2n) is 3.11. The summed E-state index contributed by atoms with van der Waals surface area (Å²) in [5, 5.41) is 0.533. The molecule has 0 spiro atoms. The predicted octanol–water partition coefficient (Wildman–Crippen LogP) is 2.84. The highest BCUT2D eigenvalue weighted by Crippen LogP contribution is 2.29. The van der Waals surface area contributed by atoms with Gasteiger partial charge in [0.1, 0.15) is 5.69 Å². The minimum Gasteiger partial charge on any atom is -0.398 e. The van der Waals surface area contributed by atoms with Crippen molar-refractivity contribution in [1.29, 1.82) is 0 Å². The summed E-state index contributed by atoms with van der Waals surface area (Å²) >= 11 is 0. The standard InChI is InChI=1S/C10H7F3N2/c11-10(12,13)9-5-4-6-7(14)2-1-3-8(6)15-9/h1-5H,14H2. The fraction of sp³-hybridized carbons (Fsp3) is 0.100. The number of hydrogen-bond donors (Lipinski definition) is 1. The summed E-state index contributed by atoms with van der Waals surface area (Å²) < 4.78 is 37.0. The van der Waals surface area contributed by atoms with Crippen molar-refractivity contribution in [2.45, 2.75) is 6.18 Å². The maximum absolute atomic E-state index is 12.3. The van der Waals surface area contributed by atoms with Crippen LogP contribution in [0, 0.1) is 0 Å². The van der Waals surface area contributed by atoms with Crippen molar-refractivity contribution in [3.05, 3.63) is 36.0 Å². The second-order valence-corrected chi connectivity index (χ2v) is 3.11. The highest BCUT2D eigenvalue weighted by molar-refractivity contribution is 5.90. The van der Waals surface area contributed by atoms with Gasteiger partial charge in [0, 0.05) is 11.1 Å². The summed E-state index contributed by atoms with van der Waals surface area (Å²) in [7, 11) is 0. The molecular weight excluding hydrogens is 205 g/mol. The van der Waals surface area contributed by atoms with Gasteiger partial charge in [-0.15, -0.1) is 0 Å². The van der Waals surface area contributed by atoms with Crippen molar-refractivity contribution in [3.63, 3.8) is 0 Å². The Morgan fingerprint density at radius 3 is 2.47 bits per heavy atom. The number of nitrogens with two attached hydrogens (primary N) is 1. The Balaban J connectivity index is 2.68. The lowest BCUT2D eigenvalue weighted by Crippen LogP contribution is -2.07. The quantitative estimate of drug-likeness (QED) is 0.682. The number of nitrogen functional groups attached to an aromatic ring is 1. The Bertz CT molecular complexity index is 505. The van der Waals surface area contributed by atoms with Crippen molar-refractivity contribution in [3.8, 4) is 0 Å². The SMILES string of the molecule is Nc1cccc2nc(C(F)(F)F)ccc12. The van der Waals surface area contributed by atoms with Crippen molar-refractivity contribution in [2.24, 2.45) is 0 Å². The minimum absolute atomic E-state index is 0.254. The Kier molecular flexibility index (Phi) is 2.03. The number of pyridine rings is 1. The molecule has 0 fully saturated rings. The average molecular weight is 212 g/mol. The van der Waals surface area contributed by atoms with Crippen LogP contribution in [-0.4, -0.2) is 4.98 Å². The van der Waals surface area contributed by atoms with Crippen LogP contribution in [0.1, 0.15) is 5.69 Å². The van der Waals surface area contributed by atoms with Gasteiger partial charge in [-0.25, -0.2) is 4.98 Å². The Hall–Kier alpha value is -1.78. The molecule has 0 aliphatic carbocycles. The number of rotatable bonds is 0. The summed E-state index contributed by atoms with van der Waals surface area (Å²) in [5.41, 5.74) is 5.37. The zero-order valence-electron chi connectivity index (χ0n) is 7.55. The van der Waals surface area contributed by atoms with Crippen molar-refractivity contribution < 1.29 is 13.2 Å². The first-order valence-corrected chi connectivity index (χ1v) is 4.21. The fourth-order valence-corrected chi connectivity index (χ4v) is 1.34. The molecule has 0 amide bonds. The van der Waals surface area contributed by atoms with E-state index in [0.717, 1.165) is 6.07 Å². The van der Waals surface area contributed by atoms with Crippen molar-refractivity contribution in [2.75, 3.05) is 5.73 Å². The third kappa shape index (κ3) is 1.72. The molecule has 2 N–H and O–H groups in total. The van der Waals surface area contributed by atoms with Gasteiger partial charge in [0.05, 0.1) is 5.52 Å². The number of nitrogens with zero attached hydrogens (tertiary/aromatic N) is 1. The number of alkyl halides is 3. The van der Waals surface area contributed by atoms with Gasteiger partial charge in [-0.1, -0.05) is 6.07 Å². The van der Waals surface area contributed by atoms with E-state index in [4.69, 9.17) is 5.73 Å². The highest BCUT2D eigenvalue weighted by atomic mass is 19.4. The lowest BCUT2D eigenvalue weighted by Gasteiger charge is -2.07. The van der Waals surface area contributed by atoms with Crippen LogP contribution in [0.3, 0.4) is 0 Å². The third-order valence-corrected chi connectivity index (χ3v) is 2.06. The third-order valence-electron chi connectivity index (χ3n) is 2.06. The number of anilines is 1. The first kappa shape index (κ1) is 9.76. The first-order valence-electron chi connectivity index (χ1n) is 4.21. The molecular formula is C10H7F3N2. The summed E-state index contributed by atoms with van der Waals surface area (Å²) in [5.74, 6) is 0. The van der Waals surface area contributed by atoms with E-state index in [2.05, 4.69) is 4.98 Å². The van der Waals surface area contributed by atoms with E-state index in [1.54, 1.807) is 12.1 Å². The van der Waals surface area contributed by atoms with Crippen LogP contribution in [0.15, 0.2) is 30.3 Å². The number of benzene rings is 1. The maximum Gasteiger partial charge on any atom is 0.433 e. The molecule has 2 aromatic rings. The molecule has 1 heterocycles. The molecule has 0 unspecified atom stereocenters.